The summed E-state index contributed by atoms with van der Waals surface area (Å²) in [6, 6.07) is 5.14. The van der Waals surface area contributed by atoms with E-state index in [1.54, 1.807) is 30.7 Å². The van der Waals surface area contributed by atoms with E-state index in [1.165, 1.54) is 0 Å². The number of nitrogens with one attached hydrogen (secondary N) is 2. The lowest BCUT2D eigenvalue weighted by Crippen LogP contribution is -2.17. The zero-order valence-corrected chi connectivity index (χ0v) is 10.0. The van der Waals surface area contributed by atoms with Crippen LogP contribution in [-0.4, -0.2) is 21.6 Å². The Morgan fingerprint density at radius 3 is 3.00 bits per heavy atom. The van der Waals surface area contributed by atoms with Gasteiger partial charge in [-0.2, -0.15) is 0 Å². The highest BCUT2D eigenvalue weighted by atomic mass is 35.5. The lowest BCUT2D eigenvalue weighted by atomic mass is 10.2. The average Bonchev–Trinajstić information content (AvgIpc) is 2.80. The molecule has 1 heterocycles. The molecule has 2 rings (SSSR count). The standard InChI is InChI=1S/C12H14ClN3O/c13-11-2-1-3-12(17)10(11)7-14-5-4-9-6-15-8-16-9/h1-3,6,8,14,17H,4-5,7H2,(H,15,16). The smallest absolute Gasteiger partial charge is 0.121 e. The molecule has 0 saturated heterocycles. The van der Waals surface area contributed by atoms with Crippen molar-refractivity contribution in [2.24, 2.45) is 0 Å². The van der Waals surface area contributed by atoms with Crippen LogP contribution in [0.1, 0.15) is 11.3 Å². The van der Waals surface area contributed by atoms with Crippen molar-refractivity contribution in [3.05, 3.63) is 47.0 Å². The van der Waals surface area contributed by atoms with Crippen LogP contribution in [0, 0.1) is 0 Å². The summed E-state index contributed by atoms with van der Waals surface area (Å²) >= 11 is 5.99. The van der Waals surface area contributed by atoms with Crippen LogP contribution in [0.2, 0.25) is 5.02 Å². The SMILES string of the molecule is Oc1cccc(Cl)c1CNCCc1cnc[nH]1. The predicted octanol–water partition coefficient (Wildman–Crippen LogP) is 2.10. The fourth-order valence-corrected chi connectivity index (χ4v) is 1.82. The van der Waals surface area contributed by atoms with Gasteiger partial charge in [-0.1, -0.05) is 17.7 Å². The highest BCUT2D eigenvalue weighted by Crippen LogP contribution is 2.24. The summed E-state index contributed by atoms with van der Waals surface area (Å²) in [5, 5.41) is 13.4. The monoisotopic (exact) mass is 251 g/mol. The Morgan fingerprint density at radius 1 is 1.41 bits per heavy atom. The first-order valence-electron chi connectivity index (χ1n) is 5.41. The molecule has 0 unspecified atom stereocenters. The van der Waals surface area contributed by atoms with E-state index >= 15 is 0 Å². The Balaban J connectivity index is 1.82. The number of imidazole rings is 1. The molecule has 1 aromatic carbocycles. The lowest BCUT2D eigenvalue weighted by Gasteiger charge is -2.08. The van der Waals surface area contributed by atoms with Gasteiger partial charge in [0.05, 0.1) is 6.33 Å². The first kappa shape index (κ1) is 12.0. The number of nitrogens with zero attached hydrogens (tertiary/aromatic N) is 1. The number of H-pyrrole nitrogens is 1. The molecule has 0 aliphatic heterocycles. The van der Waals surface area contributed by atoms with Crippen molar-refractivity contribution < 1.29 is 5.11 Å². The fraction of sp³-hybridized carbons (Fsp3) is 0.250. The molecule has 4 nitrogen and oxygen atoms in total. The number of phenols is 1. The van der Waals surface area contributed by atoms with Gasteiger partial charge in [0.2, 0.25) is 0 Å². The molecule has 0 saturated carbocycles. The molecule has 0 aliphatic rings. The molecule has 0 radical (unpaired) electrons. The number of phenolic OH excluding ortho intramolecular Hbond substituents is 1. The second kappa shape index (κ2) is 5.70. The van der Waals surface area contributed by atoms with Gasteiger partial charge in [0.1, 0.15) is 5.75 Å². The molecule has 1 aromatic heterocycles. The maximum Gasteiger partial charge on any atom is 0.121 e. The molecule has 5 heteroatoms. The van der Waals surface area contributed by atoms with Crippen LogP contribution in [0.3, 0.4) is 0 Å². The summed E-state index contributed by atoms with van der Waals surface area (Å²) in [5.41, 5.74) is 1.82. The molecule has 0 fully saturated rings. The van der Waals surface area contributed by atoms with E-state index in [9.17, 15) is 5.11 Å². The number of aromatic nitrogens is 2. The Labute approximate surface area is 105 Å². The topological polar surface area (TPSA) is 60.9 Å². The number of hydrogen-bond donors (Lipinski definition) is 3. The highest BCUT2D eigenvalue weighted by Gasteiger charge is 2.04. The Hall–Kier alpha value is -1.52. The number of aromatic hydroxyl groups is 1. The first-order chi connectivity index (χ1) is 8.27. The molecule has 90 valence electrons. The molecule has 0 bridgehead atoms. The van der Waals surface area contributed by atoms with Gasteiger partial charge in [0, 0.05) is 42.0 Å². The van der Waals surface area contributed by atoms with Gasteiger partial charge < -0.3 is 15.4 Å². The van der Waals surface area contributed by atoms with E-state index in [0.29, 0.717) is 11.6 Å². The number of aromatic amines is 1. The van der Waals surface area contributed by atoms with Crippen LogP contribution in [0.5, 0.6) is 5.75 Å². The van der Waals surface area contributed by atoms with E-state index in [-0.39, 0.29) is 5.75 Å². The fourth-order valence-electron chi connectivity index (χ4n) is 1.58. The number of benzene rings is 1. The third-order valence-electron chi connectivity index (χ3n) is 2.52. The molecule has 0 amide bonds. The van der Waals surface area contributed by atoms with Crippen molar-refractivity contribution in [1.29, 1.82) is 0 Å². The average molecular weight is 252 g/mol. The van der Waals surface area contributed by atoms with Crippen LogP contribution in [0.25, 0.3) is 0 Å². The van der Waals surface area contributed by atoms with E-state index in [2.05, 4.69) is 15.3 Å². The summed E-state index contributed by atoms with van der Waals surface area (Å²) < 4.78 is 0. The van der Waals surface area contributed by atoms with Gasteiger partial charge >= 0.3 is 0 Å². The summed E-state index contributed by atoms with van der Waals surface area (Å²) in [5.74, 6) is 0.228. The van der Waals surface area contributed by atoms with Crippen molar-refractivity contribution in [3.8, 4) is 5.75 Å². The van der Waals surface area contributed by atoms with Gasteiger partial charge in [0.25, 0.3) is 0 Å². The van der Waals surface area contributed by atoms with Crippen molar-refractivity contribution in [3.63, 3.8) is 0 Å². The Kier molecular flexibility index (Phi) is 4.01. The second-order valence-electron chi connectivity index (χ2n) is 3.74. The number of rotatable bonds is 5. The Morgan fingerprint density at radius 2 is 2.29 bits per heavy atom. The minimum absolute atomic E-state index is 0.228. The van der Waals surface area contributed by atoms with E-state index in [4.69, 9.17) is 11.6 Å². The third-order valence-corrected chi connectivity index (χ3v) is 2.88. The number of halogens is 1. The lowest BCUT2D eigenvalue weighted by molar-refractivity contribution is 0.464. The van der Waals surface area contributed by atoms with Crippen LogP contribution in [-0.2, 0) is 13.0 Å². The normalized spacial score (nSPS) is 10.6. The third kappa shape index (κ3) is 3.22. The van der Waals surface area contributed by atoms with Gasteiger partial charge in [-0.3, -0.25) is 0 Å². The first-order valence-corrected chi connectivity index (χ1v) is 5.79. The molecule has 0 aliphatic carbocycles. The van der Waals surface area contributed by atoms with Gasteiger partial charge in [-0.15, -0.1) is 0 Å². The van der Waals surface area contributed by atoms with Gasteiger partial charge in [-0.05, 0) is 12.1 Å². The van der Waals surface area contributed by atoms with E-state index in [0.717, 1.165) is 24.2 Å². The molecule has 3 N–H and O–H groups in total. The molecule has 0 atom stereocenters. The summed E-state index contributed by atoms with van der Waals surface area (Å²) in [4.78, 5) is 6.97. The van der Waals surface area contributed by atoms with Crippen molar-refractivity contribution >= 4 is 11.6 Å². The van der Waals surface area contributed by atoms with Crippen LogP contribution in [0.4, 0.5) is 0 Å². The minimum Gasteiger partial charge on any atom is -0.508 e. The molecular weight excluding hydrogens is 238 g/mol. The molecule has 2 aromatic rings. The van der Waals surface area contributed by atoms with Crippen molar-refractivity contribution in [2.75, 3.05) is 6.54 Å². The summed E-state index contributed by atoms with van der Waals surface area (Å²) in [7, 11) is 0. The Bertz CT molecular complexity index is 450. The van der Waals surface area contributed by atoms with Crippen molar-refractivity contribution in [2.45, 2.75) is 13.0 Å². The molecular formula is C12H14ClN3O. The molecule has 0 spiro atoms. The van der Waals surface area contributed by atoms with Crippen LogP contribution >= 0.6 is 11.6 Å². The largest absolute Gasteiger partial charge is 0.508 e. The molecule has 17 heavy (non-hydrogen) atoms. The maximum absolute atomic E-state index is 9.63. The van der Waals surface area contributed by atoms with E-state index in [1.807, 2.05) is 0 Å². The summed E-state index contributed by atoms with van der Waals surface area (Å²) in [6.07, 6.45) is 4.33. The van der Waals surface area contributed by atoms with Gasteiger partial charge in [-0.25, -0.2) is 4.98 Å². The van der Waals surface area contributed by atoms with Crippen LogP contribution < -0.4 is 5.32 Å². The van der Waals surface area contributed by atoms with Crippen molar-refractivity contribution in [1.82, 2.24) is 15.3 Å². The highest BCUT2D eigenvalue weighted by molar-refractivity contribution is 6.31. The predicted molar refractivity (Wildman–Crippen MR) is 67.1 cm³/mol. The zero-order valence-electron chi connectivity index (χ0n) is 9.28. The number of hydrogen-bond acceptors (Lipinski definition) is 3. The zero-order chi connectivity index (χ0) is 12.1. The summed E-state index contributed by atoms with van der Waals surface area (Å²) in [6.45, 7) is 1.35. The van der Waals surface area contributed by atoms with E-state index < -0.39 is 0 Å². The second-order valence-corrected chi connectivity index (χ2v) is 4.15. The maximum atomic E-state index is 9.63. The quantitative estimate of drug-likeness (QED) is 0.714. The van der Waals surface area contributed by atoms with Crippen LogP contribution in [0.15, 0.2) is 30.7 Å². The van der Waals surface area contributed by atoms with Gasteiger partial charge in [0.15, 0.2) is 0 Å². The minimum atomic E-state index is 0.228.